The highest BCUT2D eigenvalue weighted by Crippen LogP contribution is 2.38. The maximum absolute atomic E-state index is 12.7. The summed E-state index contributed by atoms with van der Waals surface area (Å²) in [5.41, 5.74) is 0.952. The maximum Gasteiger partial charge on any atom is 0.322 e. The molecule has 0 saturated heterocycles. The van der Waals surface area contributed by atoms with Crippen LogP contribution in [0.25, 0.3) is 0 Å². The Morgan fingerprint density at radius 3 is 2.42 bits per heavy atom. The monoisotopic (exact) mass is 450 g/mol. The zero-order valence-corrected chi connectivity index (χ0v) is 19.4. The van der Waals surface area contributed by atoms with Crippen LogP contribution >= 0.6 is 11.6 Å². The fourth-order valence-electron chi connectivity index (χ4n) is 3.68. The molecule has 1 heterocycles. The standard InChI is InChI=1S/C23H31ClN2O5/c1-14(2)17-13-26(11-9-19(27)28)21(31)25-23(17,5)16-7-6-15(18(24)12-16)8-10-22(3,4)20(29)30/h6-7,12-14H,8-11H2,1-5H3,(H,25,31)(H,27,28)(H,29,30)/t23-/m0/s1. The molecule has 2 rings (SSSR count). The molecule has 0 aliphatic carbocycles. The Bertz CT molecular complexity index is 909. The highest BCUT2D eigenvalue weighted by molar-refractivity contribution is 6.31. The first-order valence-electron chi connectivity index (χ1n) is 10.3. The third-order valence-corrected chi connectivity index (χ3v) is 6.26. The lowest BCUT2D eigenvalue weighted by atomic mass is 9.78. The Balaban J connectivity index is 2.34. The van der Waals surface area contributed by atoms with Crippen molar-refractivity contribution in [3.05, 3.63) is 46.1 Å². The zero-order valence-electron chi connectivity index (χ0n) is 18.7. The predicted molar refractivity (Wildman–Crippen MR) is 119 cm³/mol. The van der Waals surface area contributed by atoms with Crippen LogP contribution in [-0.2, 0) is 21.5 Å². The topological polar surface area (TPSA) is 107 Å². The molecule has 0 fully saturated rings. The first-order chi connectivity index (χ1) is 14.3. The van der Waals surface area contributed by atoms with Crippen molar-refractivity contribution in [3.8, 4) is 0 Å². The van der Waals surface area contributed by atoms with Gasteiger partial charge >= 0.3 is 18.0 Å². The van der Waals surface area contributed by atoms with Gasteiger partial charge < -0.3 is 20.4 Å². The molecular weight excluding hydrogens is 420 g/mol. The van der Waals surface area contributed by atoms with Crippen LogP contribution in [0.2, 0.25) is 5.02 Å². The van der Waals surface area contributed by atoms with Gasteiger partial charge in [0.25, 0.3) is 0 Å². The number of amides is 2. The summed E-state index contributed by atoms with van der Waals surface area (Å²) in [6.07, 6.45) is 2.57. The van der Waals surface area contributed by atoms with E-state index >= 15 is 0 Å². The van der Waals surface area contributed by atoms with E-state index < -0.39 is 22.9 Å². The molecule has 0 bridgehead atoms. The second-order valence-corrected chi connectivity index (χ2v) is 9.53. The van der Waals surface area contributed by atoms with Crippen molar-refractivity contribution in [1.29, 1.82) is 0 Å². The van der Waals surface area contributed by atoms with Gasteiger partial charge in [-0.3, -0.25) is 9.59 Å². The normalized spacial score (nSPS) is 19.3. The van der Waals surface area contributed by atoms with E-state index in [4.69, 9.17) is 16.7 Å². The van der Waals surface area contributed by atoms with Crippen molar-refractivity contribution in [2.75, 3.05) is 6.54 Å². The van der Waals surface area contributed by atoms with Crippen LogP contribution in [-0.4, -0.2) is 39.6 Å². The molecule has 2 amide bonds. The lowest BCUT2D eigenvalue weighted by molar-refractivity contribution is -0.147. The van der Waals surface area contributed by atoms with Crippen molar-refractivity contribution in [1.82, 2.24) is 10.2 Å². The van der Waals surface area contributed by atoms with Gasteiger partial charge in [0.05, 0.1) is 17.4 Å². The highest BCUT2D eigenvalue weighted by Gasteiger charge is 2.40. The number of nitrogens with one attached hydrogen (secondary N) is 1. The van der Waals surface area contributed by atoms with Crippen LogP contribution in [0.15, 0.2) is 30.0 Å². The second kappa shape index (κ2) is 9.30. The van der Waals surface area contributed by atoms with Crippen LogP contribution in [0.3, 0.4) is 0 Å². The zero-order chi connectivity index (χ0) is 23.6. The van der Waals surface area contributed by atoms with E-state index in [0.717, 1.165) is 16.7 Å². The van der Waals surface area contributed by atoms with Gasteiger partial charge in [-0.2, -0.15) is 0 Å². The summed E-state index contributed by atoms with van der Waals surface area (Å²) in [6.45, 7) is 9.40. The summed E-state index contributed by atoms with van der Waals surface area (Å²) in [7, 11) is 0. The van der Waals surface area contributed by atoms with Crippen molar-refractivity contribution in [3.63, 3.8) is 0 Å². The average molecular weight is 451 g/mol. The van der Waals surface area contributed by atoms with Gasteiger partial charge in [0.1, 0.15) is 0 Å². The molecule has 0 radical (unpaired) electrons. The third-order valence-electron chi connectivity index (χ3n) is 5.91. The van der Waals surface area contributed by atoms with Gasteiger partial charge in [-0.1, -0.05) is 37.6 Å². The number of hydrogen-bond acceptors (Lipinski definition) is 3. The molecule has 0 spiro atoms. The van der Waals surface area contributed by atoms with E-state index in [1.807, 2.05) is 39.0 Å². The molecule has 3 N–H and O–H groups in total. The van der Waals surface area contributed by atoms with Crippen molar-refractivity contribution >= 4 is 29.6 Å². The summed E-state index contributed by atoms with van der Waals surface area (Å²) in [4.78, 5) is 36.3. The number of carboxylic acids is 2. The van der Waals surface area contributed by atoms with E-state index in [-0.39, 0.29) is 24.9 Å². The number of carbonyl (C=O) groups excluding carboxylic acids is 1. The van der Waals surface area contributed by atoms with Gasteiger partial charge in [-0.25, -0.2) is 4.79 Å². The summed E-state index contributed by atoms with van der Waals surface area (Å²) >= 11 is 6.54. The smallest absolute Gasteiger partial charge is 0.322 e. The number of carbonyl (C=O) groups is 3. The van der Waals surface area contributed by atoms with Crippen molar-refractivity contribution in [2.45, 2.75) is 59.4 Å². The molecule has 8 heteroatoms. The lowest BCUT2D eigenvalue weighted by Crippen LogP contribution is -2.55. The number of aliphatic carboxylic acids is 2. The molecule has 1 atom stereocenters. The fraction of sp³-hybridized carbons (Fsp3) is 0.522. The summed E-state index contributed by atoms with van der Waals surface area (Å²) in [6, 6.07) is 5.23. The van der Waals surface area contributed by atoms with Gasteiger partial charge in [0.2, 0.25) is 0 Å². The number of hydrogen-bond donors (Lipinski definition) is 3. The summed E-state index contributed by atoms with van der Waals surface area (Å²) in [5, 5.41) is 21.8. The average Bonchev–Trinajstić information content (AvgIpc) is 2.65. The molecule has 7 nitrogen and oxygen atoms in total. The number of aryl methyl sites for hydroxylation is 1. The quantitative estimate of drug-likeness (QED) is 0.508. The van der Waals surface area contributed by atoms with Gasteiger partial charge in [0.15, 0.2) is 0 Å². The first-order valence-corrected chi connectivity index (χ1v) is 10.7. The van der Waals surface area contributed by atoms with Crippen molar-refractivity contribution in [2.24, 2.45) is 11.3 Å². The number of halogens is 1. The minimum atomic E-state index is -0.964. The van der Waals surface area contributed by atoms with Crippen LogP contribution < -0.4 is 5.32 Å². The maximum atomic E-state index is 12.7. The minimum absolute atomic E-state index is 0.0898. The molecule has 1 aliphatic heterocycles. The molecule has 0 aromatic heterocycles. The Labute approximate surface area is 188 Å². The van der Waals surface area contributed by atoms with Crippen LogP contribution in [0.1, 0.15) is 58.6 Å². The Morgan fingerprint density at radius 2 is 1.90 bits per heavy atom. The molecule has 0 saturated carbocycles. The van der Waals surface area contributed by atoms with Gasteiger partial charge in [-0.05, 0) is 62.3 Å². The Morgan fingerprint density at radius 1 is 1.26 bits per heavy atom. The van der Waals surface area contributed by atoms with E-state index in [1.165, 1.54) is 4.90 Å². The van der Waals surface area contributed by atoms with Gasteiger partial charge in [0, 0.05) is 17.8 Å². The summed E-state index contributed by atoms with van der Waals surface area (Å²) < 4.78 is 0. The molecule has 31 heavy (non-hydrogen) atoms. The Hall–Kier alpha value is -2.54. The number of rotatable bonds is 9. The van der Waals surface area contributed by atoms with Gasteiger partial charge in [-0.15, -0.1) is 0 Å². The van der Waals surface area contributed by atoms with E-state index in [0.29, 0.717) is 17.9 Å². The SMILES string of the molecule is CC(C)C1=CN(CCC(=O)O)C(=O)N[C@@]1(C)c1ccc(CCC(C)(C)C(=O)O)c(Cl)c1. The Kier molecular flexibility index (Phi) is 7.42. The molecule has 1 aliphatic rings. The minimum Gasteiger partial charge on any atom is -0.481 e. The van der Waals surface area contributed by atoms with Crippen molar-refractivity contribution < 1.29 is 24.6 Å². The number of urea groups is 1. The largest absolute Gasteiger partial charge is 0.481 e. The van der Waals surface area contributed by atoms with Crippen LogP contribution in [0.4, 0.5) is 4.79 Å². The number of benzene rings is 1. The van der Waals surface area contributed by atoms with E-state index in [1.54, 1.807) is 20.0 Å². The highest BCUT2D eigenvalue weighted by atomic mass is 35.5. The number of nitrogens with zero attached hydrogens (tertiary/aromatic N) is 1. The third kappa shape index (κ3) is 5.58. The molecule has 1 aromatic carbocycles. The summed E-state index contributed by atoms with van der Waals surface area (Å²) in [5.74, 6) is -1.72. The fourth-order valence-corrected chi connectivity index (χ4v) is 3.95. The molecule has 0 unspecified atom stereocenters. The van der Waals surface area contributed by atoms with Crippen LogP contribution in [0, 0.1) is 11.3 Å². The van der Waals surface area contributed by atoms with Crippen LogP contribution in [0.5, 0.6) is 0 Å². The second-order valence-electron chi connectivity index (χ2n) is 9.13. The lowest BCUT2D eigenvalue weighted by Gasteiger charge is -2.42. The predicted octanol–water partition coefficient (Wildman–Crippen LogP) is 4.64. The van der Waals surface area contributed by atoms with E-state index in [2.05, 4.69) is 5.32 Å². The molecular formula is C23H31ClN2O5. The number of carboxylic acid groups (broad SMARTS) is 2. The molecule has 1 aromatic rings. The van der Waals surface area contributed by atoms with E-state index in [9.17, 15) is 19.5 Å². The first kappa shape index (κ1) is 24.7. The molecule has 170 valence electrons.